The first-order valence-electron chi connectivity index (χ1n) is 9.10. The van der Waals surface area contributed by atoms with E-state index >= 15 is 0 Å². The Morgan fingerprint density at radius 2 is 1.93 bits per heavy atom. The quantitative estimate of drug-likeness (QED) is 0.264. The number of ether oxygens (including phenoxy) is 1. The van der Waals surface area contributed by atoms with Crippen molar-refractivity contribution in [1.82, 2.24) is 4.98 Å². The molecule has 0 radical (unpaired) electrons. The number of carbonyl (C=O) groups is 1. The number of allylic oxidation sites excluding steroid dienone is 1. The third-order valence-electron chi connectivity index (χ3n) is 4.44. The number of carbonyl (C=O) groups excluding carboxylic acids is 1. The fraction of sp³-hybridized carbons (Fsp3) is 0.217. The highest BCUT2D eigenvalue weighted by Crippen LogP contribution is 2.25. The molecule has 0 aliphatic rings. The molecular weight excluding hydrogens is 336 g/mol. The normalized spacial score (nSPS) is 11.4. The molecule has 1 heterocycles. The van der Waals surface area contributed by atoms with Crippen molar-refractivity contribution in [3.63, 3.8) is 0 Å². The van der Waals surface area contributed by atoms with Gasteiger partial charge in [0.15, 0.2) is 0 Å². The third kappa shape index (κ3) is 4.09. The molecule has 0 fully saturated rings. The largest absolute Gasteiger partial charge is 0.494 e. The van der Waals surface area contributed by atoms with Crippen molar-refractivity contribution >= 4 is 22.8 Å². The number of hydrogen-bond donors (Lipinski definition) is 1. The molecule has 1 aromatic heterocycles. The van der Waals surface area contributed by atoms with Crippen LogP contribution in [0.5, 0.6) is 5.75 Å². The Morgan fingerprint density at radius 1 is 1.19 bits per heavy atom. The van der Waals surface area contributed by atoms with Crippen molar-refractivity contribution in [3.8, 4) is 11.8 Å². The maximum Gasteiger partial charge on any atom is 0.205 e. The van der Waals surface area contributed by atoms with Crippen LogP contribution in [0.2, 0.25) is 0 Å². The summed E-state index contributed by atoms with van der Waals surface area (Å²) in [6.45, 7) is 4.66. The predicted molar refractivity (Wildman–Crippen MR) is 108 cm³/mol. The average Bonchev–Trinajstić information content (AvgIpc) is 3.02. The molecule has 3 aromatic rings. The SMILES string of the molecule is CCCCOc1ccc(/C=C(\C#N)C(=O)c2c(C)[nH]c3ccccc23)cc1. The number of H-pyrrole nitrogens is 1. The Labute approximate surface area is 159 Å². The van der Waals surface area contributed by atoms with Gasteiger partial charge in [0.1, 0.15) is 17.4 Å². The van der Waals surface area contributed by atoms with Gasteiger partial charge in [0, 0.05) is 16.6 Å². The van der Waals surface area contributed by atoms with E-state index in [1.807, 2.05) is 55.5 Å². The second kappa shape index (κ2) is 8.37. The number of aryl methyl sites for hydroxylation is 1. The number of nitrogens with zero attached hydrogens (tertiary/aromatic N) is 1. The second-order valence-electron chi connectivity index (χ2n) is 6.44. The van der Waals surface area contributed by atoms with Gasteiger partial charge < -0.3 is 9.72 Å². The zero-order valence-electron chi connectivity index (χ0n) is 15.6. The van der Waals surface area contributed by atoms with Crippen LogP contribution in [0.3, 0.4) is 0 Å². The molecule has 4 nitrogen and oxygen atoms in total. The Morgan fingerprint density at radius 3 is 2.63 bits per heavy atom. The lowest BCUT2D eigenvalue weighted by molar-refractivity contribution is 0.104. The van der Waals surface area contributed by atoms with Crippen molar-refractivity contribution in [2.24, 2.45) is 0 Å². The fourth-order valence-electron chi connectivity index (χ4n) is 3.01. The summed E-state index contributed by atoms with van der Waals surface area (Å²) in [6, 6.07) is 17.1. The van der Waals surface area contributed by atoms with Crippen LogP contribution in [-0.4, -0.2) is 17.4 Å². The zero-order chi connectivity index (χ0) is 19.2. The fourth-order valence-corrected chi connectivity index (χ4v) is 3.01. The maximum absolute atomic E-state index is 13.0. The van der Waals surface area contributed by atoms with Crippen LogP contribution in [-0.2, 0) is 0 Å². The number of benzene rings is 2. The van der Waals surface area contributed by atoms with Gasteiger partial charge in [0.25, 0.3) is 0 Å². The summed E-state index contributed by atoms with van der Waals surface area (Å²) in [5, 5.41) is 10.4. The number of Topliss-reactive ketones (excluding diaryl/α,β-unsaturated/α-hetero) is 1. The molecule has 1 N–H and O–H groups in total. The van der Waals surface area contributed by atoms with Crippen molar-refractivity contribution in [1.29, 1.82) is 5.26 Å². The Balaban J connectivity index is 1.87. The molecule has 0 saturated carbocycles. The van der Waals surface area contributed by atoms with Crippen molar-refractivity contribution < 1.29 is 9.53 Å². The van der Waals surface area contributed by atoms with Crippen LogP contribution in [0, 0.1) is 18.3 Å². The molecule has 0 saturated heterocycles. The standard InChI is InChI=1S/C23H22N2O2/c1-3-4-13-27-19-11-9-17(10-12-19)14-18(15-24)23(26)22-16(2)25-21-8-6-5-7-20(21)22/h5-12,14,25H,3-4,13H2,1-2H3/b18-14+. The van der Waals surface area contributed by atoms with E-state index in [0.29, 0.717) is 12.2 Å². The van der Waals surface area contributed by atoms with Crippen LogP contribution in [0.15, 0.2) is 54.1 Å². The van der Waals surface area contributed by atoms with Crippen LogP contribution in [0.25, 0.3) is 17.0 Å². The number of hydrogen-bond acceptors (Lipinski definition) is 3. The highest BCUT2D eigenvalue weighted by atomic mass is 16.5. The number of aromatic nitrogens is 1. The molecule has 27 heavy (non-hydrogen) atoms. The Kier molecular flexibility index (Phi) is 5.73. The van der Waals surface area contributed by atoms with E-state index < -0.39 is 0 Å². The molecule has 0 aliphatic carbocycles. The molecule has 136 valence electrons. The first-order chi connectivity index (χ1) is 13.1. The Hall–Kier alpha value is -3.32. The van der Waals surface area contributed by atoms with E-state index in [4.69, 9.17) is 4.74 Å². The van der Waals surface area contributed by atoms with E-state index in [1.54, 1.807) is 6.08 Å². The lowest BCUT2D eigenvalue weighted by Gasteiger charge is -2.05. The number of rotatable bonds is 7. The van der Waals surface area contributed by atoms with E-state index in [0.717, 1.165) is 40.8 Å². The topological polar surface area (TPSA) is 65.9 Å². The summed E-state index contributed by atoms with van der Waals surface area (Å²) in [4.78, 5) is 16.2. The van der Waals surface area contributed by atoms with E-state index in [9.17, 15) is 10.1 Å². The number of ketones is 1. The summed E-state index contributed by atoms with van der Waals surface area (Å²) in [5.74, 6) is 0.522. The number of aromatic amines is 1. The molecule has 0 amide bonds. The maximum atomic E-state index is 13.0. The van der Waals surface area contributed by atoms with Crippen LogP contribution in [0.1, 0.15) is 41.4 Å². The van der Waals surface area contributed by atoms with Gasteiger partial charge in [-0.2, -0.15) is 5.26 Å². The third-order valence-corrected chi connectivity index (χ3v) is 4.44. The van der Waals surface area contributed by atoms with Crippen LogP contribution in [0.4, 0.5) is 0 Å². The smallest absolute Gasteiger partial charge is 0.205 e. The molecule has 0 bridgehead atoms. The minimum atomic E-state index is -0.268. The minimum Gasteiger partial charge on any atom is -0.494 e. The zero-order valence-corrected chi connectivity index (χ0v) is 15.6. The summed E-state index contributed by atoms with van der Waals surface area (Å²) >= 11 is 0. The highest BCUT2D eigenvalue weighted by molar-refractivity contribution is 6.20. The summed E-state index contributed by atoms with van der Waals surface area (Å²) < 4.78 is 5.65. The lowest BCUT2D eigenvalue weighted by atomic mass is 9.99. The van der Waals surface area contributed by atoms with Gasteiger partial charge >= 0.3 is 0 Å². The van der Waals surface area contributed by atoms with Gasteiger partial charge in [-0.1, -0.05) is 43.7 Å². The second-order valence-corrected chi connectivity index (χ2v) is 6.44. The summed E-state index contributed by atoms with van der Waals surface area (Å²) in [5.41, 5.74) is 3.12. The molecule has 0 aliphatic heterocycles. The first kappa shape index (κ1) is 18.5. The van der Waals surface area contributed by atoms with Gasteiger partial charge in [0.2, 0.25) is 5.78 Å². The van der Waals surface area contributed by atoms with Crippen LogP contribution >= 0.6 is 0 Å². The highest BCUT2D eigenvalue weighted by Gasteiger charge is 2.19. The monoisotopic (exact) mass is 358 g/mol. The molecule has 3 rings (SSSR count). The number of unbranched alkanes of at least 4 members (excludes halogenated alkanes) is 1. The first-order valence-corrected chi connectivity index (χ1v) is 9.10. The van der Waals surface area contributed by atoms with Gasteiger partial charge in [0.05, 0.1) is 12.2 Å². The van der Waals surface area contributed by atoms with Gasteiger partial charge in [-0.25, -0.2) is 0 Å². The molecular formula is C23H22N2O2. The molecule has 0 spiro atoms. The van der Waals surface area contributed by atoms with Crippen molar-refractivity contribution in [2.75, 3.05) is 6.61 Å². The number of para-hydroxylation sites is 1. The molecule has 0 unspecified atom stereocenters. The summed E-state index contributed by atoms with van der Waals surface area (Å²) in [6.07, 6.45) is 3.72. The van der Waals surface area contributed by atoms with Crippen molar-refractivity contribution in [3.05, 3.63) is 70.9 Å². The van der Waals surface area contributed by atoms with Gasteiger partial charge in [-0.3, -0.25) is 4.79 Å². The molecule has 0 atom stereocenters. The molecule has 2 aromatic carbocycles. The van der Waals surface area contributed by atoms with Gasteiger partial charge in [-0.15, -0.1) is 0 Å². The number of nitriles is 1. The van der Waals surface area contributed by atoms with Crippen LogP contribution < -0.4 is 4.74 Å². The number of fused-ring (bicyclic) bond motifs is 1. The van der Waals surface area contributed by atoms with Crippen molar-refractivity contribution in [2.45, 2.75) is 26.7 Å². The average molecular weight is 358 g/mol. The minimum absolute atomic E-state index is 0.113. The molecule has 4 heteroatoms. The van der Waals surface area contributed by atoms with E-state index in [-0.39, 0.29) is 11.4 Å². The lowest BCUT2D eigenvalue weighted by Crippen LogP contribution is -2.03. The predicted octanol–water partition coefficient (Wildman–Crippen LogP) is 5.45. The van der Waals surface area contributed by atoms with E-state index in [1.165, 1.54) is 0 Å². The summed E-state index contributed by atoms with van der Waals surface area (Å²) in [7, 11) is 0. The van der Waals surface area contributed by atoms with Gasteiger partial charge in [-0.05, 0) is 43.2 Å². The number of nitrogens with one attached hydrogen (secondary N) is 1. The Bertz CT molecular complexity index is 1020. The van der Waals surface area contributed by atoms with E-state index in [2.05, 4.69) is 18.0 Å².